The number of benzene rings is 2. The number of anilines is 1. The van der Waals surface area contributed by atoms with Gasteiger partial charge in [-0.15, -0.1) is 11.6 Å². The van der Waals surface area contributed by atoms with Crippen LogP contribution in [0.3, 0.4) is 0 Å². The van der Waals surface area contributed by atoms with E-state index >= 15 is 0 Å². The predicted molar refractivity (Wildman–Crippen MR) is 83.1 cm³/mol. The third-order valence-electron chi connectivity index (χ3n) is 2.52. The first-order chi connectivity index (χ1) is 9.10. The molecule has 98 valence electrons. The molecule has 0 unspecified atom stereocenters. The number of carbonyl (C=O) groups is 1. The van der Waals surface area contributed by atoms with Gasteiger partial charge in [-0.1, -0.05) is 12.1 Å². The molecule has 2 nitrogen and oxygen atoms in total. The van der Waals surface area contributed by atoms with Crippen LogP contribution >= 0.6 is 34.2 Å². The van der Waals surface area contributed by atoms with Crippen molar-refractivity contribution in [3.05, 3.63) is 63.0 Å². The highest BCUT2D eigenvalue weighted by atomic mass is 127. The highest BCUT2D eigenvalue weighted by molar-refractivity contribution is 14.1. The molecule has 1 amide bonds. The fraction of sp³-hybridized carbons (Fsp3) is 0.0714. The molecule has 0 aromatic heterocycles. The van der Waals surface area contributed by atoms with E-state index in [1.807, 2.05) is 28.7 Å². The summed E-state index contributed by atoms with van der Waals surface area (Å²) >= 11 is 7.71. The number of rotatable bonds is 3. The van der Waals surface area contributed by atoms with Crippen LogP contribution in [0.1, 0.15) is 15.9 Å². The predicted octanol–water partition coefficient (Wildman–Crippen LogP) is 4.42. The lowest BCUT2D eigenvalue weighted by molar-refractivity contribution is 0.102. The summed E-state index contributed by atoms with van der Waals surface area (Å²) in [5.41, 5.74) is 1.99. The van der Waals surface area contributed by atoms with Crippen LogP contribution in [0, 0.1) is 9.39 Å². The van der Waals surface area contributed by atoms with Crippen LogP contribution in [-0.2, 0) is 5.88 Å². The summed E-state index contributed by atoms with van der Waals surface area (Å²) in [6, 6.07) is 11.3. The molecule has 2 aromatic rings. The van der Waals surface area contributed by atoms with E-state index in [0.29, 0.717) is 20.7 Å². The van der Waals surface area contributed by atoms with Gasteiger partial charge in [-0.2, -0.15) is 0 Å². The van der Waals surface area contributed by atoms with Crippen molar-refractivity contribution >= 4 is 45.8 Å². The molecule has 0 spiro atoms. The van der Waals surface area contributed by atoms with Gasteiger partial charge in [0.1, 0.15) is 5.82 Å². The molecule has 0 atom stereocenters. The van der Waals surface area contributed by atoms with Crippen LogP contribution in [0.5, 0.6) is 0 Å². The number of hydrogen-bond donors (Lipinski definition) is 1. The van der Waals surface area contributed by atoms with Crippen LogP contribution < -0.4 is 5.32 Å². The third-order valence-corrected chi connectivity index (χ3v) is 3.72. The molecule has 5 heteroatoms. The quantitative estimate of drug-likeness (QED) is 0.611. The number of alkyl halides is 1. The Balaban J connectivity index is 2.20. The number of amides is 1. The molecule has 2 rings (SSSR count). The van der Waals surface area contributed by atoms with Crippen LogP contribution in [0.25, 0.3) is 0 Å². The second-order valence-corrected chi connectivity index (χ2v) is 5.34. The largest absolute Gasteiger partial charge is 0.321 e. The van der Waals surface area contributed by atoms with Gasteiger partial charge < -0.3 is 5.32 Å². The van der Waals surface area contributed by atoms with E-state index in [0.717, 1.165) is 5.56 Å². The Morgan fingerprint density at radius 2 is 2.05 bits per heavy atom. The minimum atomic E-state index is -0.327. The Morgan fingerprint density at radius 3 is 2.74 bits per heavy atom. The second-order valence-electron chi connectivity index (χ2n) is 3.91. The zero-order valence-corrected chi connectivity index (χ0v) is 12.7. The molecule has 19 heavy (non-hydrogen) atoms. The maximum Gasteiger partial charge on any atom is 0.255 e. The SMILES string of the molecule is O=C(Nc1ccc(F)cc1I)c1cccc(CCl)c1. The molecule has 1 N–H and O–H groups in total. The van der Waals surface area contributed by atoms with E-state index in [9.17, 15) is 9.18 Å². The van der Waals surface area contributed by atoms with Crippen molar-refractivity contribution in [1.29, 1.82) is 0 Å². The summed E-state index contributed by atoms with van der Waals surface area (Å²) in [5, 5.41) is 2.75. The maximum absolute atomic E-state index is 13.0. The molecular weight excluding hydrogens is 380 g/mol. The maximum atomic E-state index is 13.0. The summed E-state index contributed by atoms with van der Waals surface area (Å²) in [7, 11) is 0. The average Bonchev–Trinajstić information content (AvgIpc) is 2.42. The van der Waals surface area contributed by atoms with Gasteiger partial charge in [0.05, 0.1) is 5.69 Å². The number of halogens is 3. The molecule has 0 bridgehead atoms. The summed E-state index contributed by atoms with van der Waals surface area (Å²) < 4.78 is 13.6. The summed E-state index contributed by atoms with van der Waals surface area (Å²) in [5.74, 6) is -0.210. The zero-order valence-electron chi connectivity index (χ0n) is 9.79. The van der Waals surface area contributed by atoms with Crippen molar-refractivity contribution < 1.29 is 9.18 Å². The van der Waals surface area contributed by atoms with Gasteiger partial charge in [-0.3, -0.25) is 4.79 Å². The molecule has 0 aliphatic rings. The zero-order chi connectivity index (χ0) is 13.8. The summed E-state index contributed by atoms with van der Waals surface area (Å²) in [6.07, 6.45) is 0. The molecule has 0 fully saturated rings. The minimum Gasteiger partial charge on any atom is -0.321 e. The Bertz CT molecular complexity index is 618. The Labute approximate surface area is 129 Å². The van der Waals surface area contributed by atoms with Crippen LogP contribution in [-0.4, -0.2) is 5.91 Å². The molecule has 0 aliphatic heterocycles. The highest BCUT2D eigenvalue weighted by Crippen LogP contribution is 2.20. The van der Waals surface area contributed by atoms with Crippen molar-refractivity contribution in [1.82, 2.24) is 0 Å². The van der Waals surface area contributed by atoms with E-state index in [1.54, 1.807) is 24.3 Å². The molecule has 0 saturated heterocycles. The van der Waals surface area contributed by atoms with E-state index < -0.39 is 0 Å². The van der Waals surface area contributed by atoms with E-state index in [2.05, 4.69) is 5.32 Å². The first kappa shape index (κ1) is 14.3. The standard InChI is InChI=1S/C14H10ClFINO/c15-8-9-2-1-3-10(6-9)14(19)18-13-5-4-11(16)7-12(13)17/h1-7H,8H2,(H,18,19). The highest BCUT2D eigenvalue weighted by Gasteiger charge is 2.09. The number of carbonyl (C=O) groups excluding carboxylic acids is 1. The molecule has 0 radical (unpaired) electrons. The van der Waals surface area contributed by atoms with E-state index in [-0.39, 0.29) is 11.7 Å². The van der Waals surface area contributed by atoms with Gasteiger partial charge in [0.15, 0.2) is 0 Å². The summed E-state index contributed by atoms with van der Waals surface area (Å²) in [6.45, 7) is 0. The second kappa shape index (κ2) is 6.34. The van der Waals surface area contributed by atoms with Gasteiger partial charge in [0, 0.05) is 15.0 Å². The Kier molecular flexibility index (Phi) is 4.76. The molecular formula is C14H10ClFINO. The van der Waals surface area contributed by atoms with Gasteiger partial charge in [0.2, 0.25) is 0 Å². The molecule has 2 aromatic carbocycles. The van der Waals surface area contributed by atoms with Gasteiger partial charge in [0.25, 0.3) is 5.91 Å². The van der Waals surface area contributed by atoms with Gasteiger partial charge >= 0.3 is 0 Å². The van der Waals surface area contributed by atoms with E-state index in [1.165, 1.54) is 12.1 Å². The van der Waals surface area contributed by atoms with Crippen LogP contribution in [0.2, 0.25) is 0 Å². The fourth-order valence-electron chi connectivity index (χ4n) is 1.58. The van der Waals surface area contributed by atoms with Crippen LogP contribution in [0.15, 0.2) is 42.5 Å². The van der Waals surface area contributed by atoms with Gasteiger partial charge in [-0.05, 0) is 58.5 Å². The van der Waals surface area contributed by atoms with E-state index in [4.69, 9.17) is 11.6 Å². The lowest BCUT2D eigenvalue weighted by atomic mass is 10.1. The average molecular weight is 390 g/mol. The normalized spacial score (nSPS) is 10.3. The van der Waals surface area contributed by atoms with Crippen molar-refractivity contribution in [3.63, 3.8) is 0 Å². The van der Waals surface area contributed by atoms with Gasteiger partial charge in [-0.25, -0.2) is 4.39 Å². The minimum absolute atomic E-state index is 0.239. The third kappa shape index (κ3) is 3.67. The first-order valence-electron chi connectivity index (χ1n) is 5.51. The molecule has 0 saturated carbocycles. The summed E-state index contributed by atoms with van der Waals surface area (Å²) in [4.78, 5) is 12.1. The number of hydrogen-bond acceptors (Lipinski definition) is 1. The molecule has 0 heterocycles. The van der Waals surface area contributed by atoms with Crippen molar-refractivity contribution in [2.75, 3.05) is 5.32 Å². The topological polar surface area (TPSA) is 29.1 Å². The van der Waals surface area contributed by atoms with Crippen molar-refractivity contribution in [2.45, 2.75) is 5.88 Å². The fourth-order valence-corrected chi connectivity index (χ4v) is 2.36. The smallest absolute Gasteiger partial charge is 0.255 e. The van der Waals surface area contributed by atoms with Crippen molar-refractivity contribution in [3.8, 4) is 0 Å². The van der Waals surface area contributed by atoms with Crippen LogP contribution in [0.4, 0.5) is 10.1 Å². The first-order valence-corrected chi connectivity index (χ1v) is 7.13. The Hall–Kier alpha value is -1.14. The molecule has 0 aliphatic carbocycles. The lowest BCUT2D eigenvalue weighted by Crippen LogP contribution is -2.13. The monoisotopic (exact) mass is 389 g/mol. The van der Waals surface area contributed by atoms with Crippen molar-refractivity contribution in [2.24, 2.45) is 0 Å². The lowest BCUT2D eigenvalue weighted by Gasteiger charge is -2.08. The Morgan fingerprint density at radius 1 is 1.26 bits per heavy atom. The number of nitrogens with one attached hydrogen (secondary N) is 1.